The number of nitrogens with one attached hydrogen (secondary N) is 1. The normalized spacial score (nSPS) is 16.6. The topological polar surface area (TPSA) is 44.8 Å². The van der Waals surface area contributed by atoms with E-state index in [1.165, 1.54) is 18.2 Å². The van der Waals surface area contributed by atoms with Crippen molar-refractivity contribution in [3.63, 3.8) is 0 Å². The number of carbonyl (C=O) groups excluding carboxylic acids is 1. The second-order valence-corrected chi connectivity index (χ2v) is 6.91. The molecule has 2 aromatic carbocycles. The van der Waals surface area contributed by atoms with Gasteiger partial charge >= 0.3 is 0 Å². The molecule has 0 radical (unpaired) electrons. The molecule has 0 aromatic heterocycles. The lowest BCUT2D eigenvalue weighted by Crippen LogP contribution is -2.52. The molecular formula is C21H25F2N3O2. The van der Waals surface area contributed by atoms with E-state index in [9.17, 15) is 13.6 Å². The van der Waals surface area contributed by atoms with Crippen LogP contribution in [0.3, 0.4) is 0 Å². The van der Waals surface area contributed by atoms with Gasteiger partial charge in [0.25, 0.3) is 0 Å². The predicted molar refractivity (Wildman–Crippen MR) is 104 cm³/mol. The van der Waals surface area contributed by atoms with Crippen LogP contribution >= 0.6 is 0 Å². The van der Waals surface area contributed by atoms with Crippen molar-refractivity contribution in [3.8, 4) is 5.75 Å². The van der Waals surface area contributed by atoms with Gasteiger partial charge in [0.05, 0.1) is 18.8 Å². The van der Waals surface area contributed by atoms with Crippen LogP contribution in [0.1, 0.15) is 12.5 Å². The van der Waals surface area contributed by atoms with Gasteiger partial charge < -0.3 is 10.1 Å². The minimum atomic E-state index is -0.447. The number of rotatable bonds is 6. The Hall–Kier alpha value is -2.51. The van der Waals surface area contributed by atoms with E-state index in [-0.39, 0.29) is 23.5 Å². The third kappa shape index (κ3) is 4.85. The van der Waals surface area contributed by atoms with Gasteiger partial charge in [-0.05, 0) is 37.3 Å². The van der Waals surface area contributed by atoms with Crippen LogP contribution in [-0.2, 0) is 11.3 Å². The zero-order valence-electron chi connectivity index (χ0n) is 16.1. The molecule has 1 aliphatic heterocycles. The Bertz CT molecular complexity index is 823. The first kappa shape index (κ1) is 20.2. The molecule has 5 nitrogen and oxygen atoms in total. The van der Waals surface area contributed by atoms with E-state index in [1.54, 1.807) is 31.4 Å². The van der Waals surface area contributed by atoms with Crippen LogP contribution in [0.15, 0.2) is 42.5 Å². The lowest BCUT2D eigenvalue weighted by atomic mass is 10.1. The Balaban J connectivity index is 1.54. The fourth-order valence-corrected chi connectivity index (χ4v) is 3.39. The molecule has 0 saturated carbocycles. The SMILES string of the molecule is COc1ccc(F)cc1CN1CCN(C(C)C(=O)Nc2ccccc2F)CC1. The minimum absolute atomic E-state index is 0.191. The summed E-state index contributed by atoms with van der Waals surface area (Å²) in [6.45, 7) is 5.30. The zero-order chi connectivity index (χ0) is 20.1. The number of nitrogens with zero attached hydrogens (tertiary/aromatic N) is 2. The van der Waals surface area contributed by atoms with Crippen molar-refractivity contribution in [2.75, 3.05) is 38.6 Å². The largest absolute Gasteiger partial charge is 0.496 e. The van der Waals surface area contributed by atoms with Crippen molar-refractivity contribution in [1.82, 2.24) is 9.80 Å². The van der Waals surface area contributed by atoms with E-state index < -0.39 is 5.82 Å². The van der Waals surface area contributed by atoms with E-state index >= 15 is 0 Å². The highest BCUT2D eigenvalue weighted by Crippen LogP contribution is 2.22. The Morgan fingerprint density at radius 3 is 2.54 bits per heavy atom. The second-order valence-electron chi connectivity index (χ2n) is 6.91. The molecule has 7 heteroatoms. The Kier molecular flexibility index (Phi) is 6.59. The van der Waals surface area contributed by atoms with Crippen LogP contribution in [-0.4, -0.2) is 55.0 Å². The van der Waals surface area contributed by atoms with Gasteiger partial charge in [0.2, 0.25) is 5.91 Å². The van der Waals surface area contributed by atoms with E-state index in [0.717, 1.165) is 18.7 Å². The van der Waals surface area contributed by atoms with Crippen molar-refractivity contribution in [2.45, 2.75) is 19.5 Å². The van der Waals surface area contributed by atoms with Gasteiger partial charge in [-0.3, -0.25) is 14.6 Å². The molecule has 1 fully saturated rings. The second kappa shape index (κ2) is 9.12. The standard InChI is InChI=1S/C21H25F2N3O2/c1-15(21(27)24-19-6-4-3-5-18(19)23)26-11-9-25(10-12-26)14-16-13-17(22)7-8-20(16)28-2/h3-8,13,15H,9-12,14H2,1-2H3,(H,24,27). The number of carbonyl (C=O) groups is 1. The molecule has 0 bridgehead atoms. The first-order chi connectivity index (χ1) is 13.5. The number of hydrogen-bond donors (Lipinski definition) is 1. The van der Waals surface area contributed by atoms with Crippen LogP contribution in [0.4, 0.5) is 14.5 Å². The van der Waals surface area contributed by atoms with Crippen LogP contribution in [0, 0.1) is 11.6 Å². The molecule has 150 valence electrons. The summed E-state index contributed by atoms with van der Waals surface area (Å²) < 4.78 is 32.6. The molecule has 2 aromatic rings. The number of piperazine rings is 1. The van der Waals surface area contributed by atoms with Crippen molar-refractivity contribution in [3.05, 3.63) is 59.7 Å². The van der Waals surface area contributed by atoms with Crippen LogP contribution in [0.25, 0.3) is 0 Å². The fourth-order valence-electron chi connectivity index (χ4n) is 3.39. The summed E-state index contributed by atoms with van der Waals surface area (Å²) in [6, 6.07) is 10.3. The summed E-state index contributed by atoms with van der Waals surface area (Å²) in [5.74, 6) is -0.295. The quantitative estimate of drug-likeness (QED) is 0.825. The van der Waals surface area contributed by atoms with Gasteiger partial charge in [0.15, 0.2) is 0 Å². The summed E-state index contributed by atoms with van der Waals surface area (Å²) in [5, 5.41) is 2.65. The highest BCUT2D eigenvalue weighted by molar-refractivity contribution is 5.94. The molecule has 3 rings (SSSR count). The molecule has 1 atom stereocenters. The summed E-state index contributed by atoms with van der Waals surface area (Å²) >= 11 is 0. The van der Waals surface area contributed by atoms with Crippen LogP contribution < -0.4 is 10.1 Å². The zero-order valence-corrected chi connectivity index (χ0v) is 16.1. The monoisotopic (exact) mass is 389 g/mol. The Morgan fingerprint density at radius 1 is 1.14 bits per heavy atom. The Labute approximate surface area is 163 Å². The first-order valence-electron chi connectivity index (χ1n) is 9.32. The maximum atomic E-state index is 13.7. The maximum Gasteiger partial charge on any atom is 0.241 e. The average Bonchev–Trinajstić information content (AvgIpc) is 2.70. The van der Waals surface area contributed by atoms with E-state index in [0.29, 0.717) is 25.4 Å². The number of methoxy groups -OCH3 is 1. The van der Waals surface area contributed by atoms with Gasteiger partial charge in [-0.1, -0.05) is 12.1 Å². The molecule has 1 saturated heterocycles. The Morgan fingerprint density at radius 2 is 1.86 bits per heavy atom. The molecular weight excluding hydrogens is 364 g/mol. The van der Waals surface area contributed by atoms with Gasteiger partial charge in [0, 0.05) is 38.3 Å². The van der Waals surface area contributed by atoms with Crippen molar-refractivity contribution in [2.24, 2.45) is 0 Å². The maximum absolute atomic E-state index is 13.7. The molecule has 1 heterocycles. The average molecular weight is 389 g/mol. The molecule has 1 aliphatic rings. The summed E-state index contributed by atoms with van der Waals surface area (Å²) in [4.78, 5) is 16.7. The lowest BCUT2D eigenvalue weighted by Gasteiger charge is -2.37. The summed E-state index contributed by atoms with van der Waals surface area (Å²) in [7, 11) is 1.57. The van der Waals surface area contributed by atoms with Crippen molar-refractivity contribution in [1.29, 1.82) is 0 Å². The third-order valence-electron chi connectivity index (χ3n) is 5.10. The van der Waals surface area contributed by atoms with E-state index in [1.807, 2.05) is 6.92 Å². The predicted octanol–water partition coefficient (Wildman–Crippen LogP) is 3.12. The molecule has 1 amide bonds. The third-order valence-corrected chi connectivity index (χ3v) is 5.10. The summed E-state index contributed by atoms with van der Waals surface area (Å²) in [6.07, 6.45) is 0. The van der Waals surface area contributed by atoms with E-state index in [2.05, 4.69) is 15.1 Å². The van der Waals surface area contributed by atoms with E-state index in [4.69, 9.17) is 4.74 Å². The van der Waals surface area contributed by atoms with Gasteiger partial charge in [0.1, 0.15) is 17.4 Å². The smallest absolute Gasteiger partial charge is 0.241 e. The number of para-hydroxylation sites is 1. The number of benzene rings is 2. The molecule has 28 heavy (non-hydrogen) atoms. The molecule has 0 spiro atoms. The number of ether oxygens (including phenoxy) is 1. The first-order valence-corrected chi connectivity index (χ1v) is 9.32. The number of halogens is 2. The highest BCUT2D eigenvalue weighted by Gasteiger charge is 2.26. The molecule has 0 aliphatic carbocycles. The number of hydrogen-bond acceptors (Lipinski definition) is 4. The van der Waals surface area contributed by atoms with Crippen LogP contribution in [0.2, 0.25) is 0 Å². The molecule has 1 N–H and O–H groups in total. The highest BCUT2D eigenvalue weighted by atomic mass is 19.1. The number of anilines is 1. The van der Waals surface area contributed by atoms with Crippen molar-refractivity contribution >= 4 is 11.6 Å². The number of amides is 1. The molecule has 1 unspecified atom stereocenters. The van der Waals surface area contributed by atoms with Crippen molar-refractivity contribution < 1.29 is 18.3 Å². The van der Waals surface area contributed by atoms with Gasteiger partial charge in [-0.15, -0.1) is 0 Å². The summed E-state index contributed by atoms with van der Waals surface area (Å²) in [5.41, 5.74) is 0.998. The van der Waals surface area contributed by atoms with Gasteiger partial charge in [-0.2, -0.15) is 0 Å². The van der Waals surface area contributed by atoms with Gasteiger partial charge in [-0.25, -0.2) is 8.78 Å². The lowest BCUT2D eigenvalue weighted by molar-refractivity contribution is -0.121. The fraction of sp³-hybridized carbons (Fsp3) is 0.381. The van der Waals surface area contributed by atoms with Crippen LogP contribution in [0.5, 0.6) is 5.75 Å². The minimum Gasteiger partial charge on any atom is -0.496 e.